The maximum absolute atomic E-state index is 7.48. The van der Waals surface area contributed by atoms with Crippen LogP contribution in [-0.4, -0.2) is 11.7 Å². The van der Waals surface area contributed by atoms with Gasteiger partial charge in [-0.05, 0) is 25.0 Å². The Morgan fingerprint density at radius 2 is 0.966 bits per heavy atom. The molecule has 0 aliphatic heterocycles. The minimum absolute atomic E-state index is 0. The molecule has 0 saturated carbocycles. The average molecular weight is 466 g/mol. The molecular weight excluding hydrogens is 437 g/mol. The van der Waals surface area contributed by atoms with Gasteiger partial charge in [0.05, 0.1) is 0 Å². The van der Waals surface area contributed by atoms with Gasteiger partial charge in [-0.15, -0.1) is 0 Å². The summed E-state index contributed by atoms with van der Waals surface area (Å²) >= 11 is 0. The summed E-state index contributed by atoms with van der Waals surface area (Å²) in [5.41, 5.74) is 16.4. The van der Waals surface area contributed by atoms with Gasteiger partial charge in [-0.25, -0.2) is 0 Å². The molecule has 1 radical (unpaired) electrons. The molecule has 3 aromatic rings. The molecule has 6 N–H and O–H groups in total. The average Bonchev–Trinajstić information content (AvgIpc) is 2.98. The maximum Gasteiger partial charge on any atom is 0.137 e. The SMILES string of the molecule is CC.Cc1c(-c2ccc(C(=N)N)cc2)oc(-c2ccc(C(=N)N)cc2)c1C.[CH3-].[Y]. The summed E-state index contributed by atoms with van der Waals surface area (Å²) < 4.78 is 6.15. The maximum atomic E-state index is 7.48. The van der Waals surface area contributed by atoms with E-state index in [1.165, 1.54) is 0 Å². The van der Waals surface area contributed by atoms with Gasteiger partial charge in [-0.2, -0.15) is 0 Å². The van der Waals surface area contributed by atoms with E-state index < -0.39 is 0 Å². The number of nitrogens with two attached hydrogens (primary N) is 2. The van der Waals surface area contributed by atoms with E-state index in [2.05, 4.69) is 0 Å². The number of amidine groups is 2. The van der Waals surface area contributed by atoms with Crippen molar-refractivity contribution in [1.82, 2.24) is 0 Å². The Kier molecular flexibility index (Phi) is 10.8. The van der Waals surface area contributed by atoms with E-state index in [0.717, 1.165) is 33.8 Å². The topological polar surface area (TPSA) is 113 Å². The minimum Gasteiger partial charge on any atom is -0.456 e. The van der Waals surface area contributed by atoms with E-state index in [1.807, 2.05) is 76.2 Å². The molecule has 0 saturated heterocycles. The monoisotopic (exact) mass is 466 g/mol. The van der Waals surface area contributed by atoms with Gasteiger partial charge in [-0.1, -0.05) is 62.4 Å². The van der Waals surface area contributed by atoms with E-state index in [1.54, 1.807) is 0 Å². The molecule has 6 heteroatoms. The Balaban J connectivity index is 0.00000190. The van der Waals surface area contributed by atoms with Crippen molar-refractivity contribution in [3.63, 3.8) is 0 Å². The van der Waals surface area contributed by atoms with Crippen LogP contribution in [0.25, 0.3) is 22.6 Å². The quantitative estimate of drug-likeness (QED) is 0.239. The zero-order valence-corrected chi connectivity index (χ0v) is 20.6. The molecule has 3 rings (SSSR count). The van der Waals surface area contributed by atoms with Crippen molar-refractivity contribution in [2.45, 2.75) is 27.7 Å². The summed E-state index contributed by atoms with van der Waals surface area (Å²) in [5, 5.41) is 15.0. The molecule has 0 fully saturated rings. The number of furan rings is 1. The number of hydrogen-bond donors (Lipinski definition) is 4. The van der Waals surface area contributed by atoms with Gasteiger partial charge in [0.15, 0.2) is 0 Å². The Morgan fingerprint density at radius 3 is 1.21 bits per heavy atom. The van der Waals surface area contributed by atoms with Crippen molar-refractivity contribution in [3.05, 3.63) is 78.2 Å². The molecule has 5 nitrogen and oxygen atoms in total. The molecule has 0 atom stereocenters. The van der Waals surface area contributed by atoms with Crippen molar-refractivity contribution in [2.75, 3.05) is 0 Å². The Hall–Kier alpha value is -2.24. The molecule has 0 aliphatic rings. The fourth-order valence-electron chi connectivity index (χ4n) is 2.75. The molecule has 2 aromatic carbocycles. The minimum atomic E-state index is 0. The number of rotatable bonds is 4. The predicted molar refractivity (Wildman–Crippen MR) is 119 cm³/mol. The first-order chi connectivity index (χ1) is 12.9. The van der Waals surface area contributed by atoms with Crippen LogP contribution >= 0.6 is 0 Å². The van der Waals surface area contributed by atoms with Gasteiger partial charge in [-0.3, -0.25) is 10.8 Å². The summed E-state index contributed by atoms with van der Waals surface area (Å²) in [6.07, 6.45) is 0. The van der Waals surface area contributed by atoms with Crippen molar-refractivity contribution < 1.29 is 37.1 Å². The van der Waals surface area contributed by atoms with E-state index in [-0.39, 0.29) is 51.8 Å². The standard InChI is InChI=1S/C20H20N4O.C2H6.CH3.Y/c1-11-12(2)18(14-5-9-16(10-6-14)20(23)24)25-17(11)13-3-7-15(8-4-13)19(21)22;1-2;;/h3-10H,1-2H3,(H3,21,22)(H3,23,24);1-2H3;1H3;/q;;-1;. The first-order valence-electron chi connectivity index (χ1n) is 8.88. The van der Waals surface area contributed by atoms with Gasteiger partial charge in [0.2, 0.25) is 0 Å². The van der Waals surface area contributed by atoms with E-state index in [4.69, 9.17) is 26.7 Å². The van der Waals surface area contributed by atoms with Crippen molar-refractivity contribution >= 4 is 11.7 Å². The zero-order valence-electron chi connectivity index (χ0n) is 17.8. The summed E-state index contributed by atoms with van der Waals surface area (Å²) in [6.45, 7) is 8.06. The Labute approximate surface area is 198 Å². The third kappa shape index (κ3) is 5.88. The zero-order chi connectivity index (χ0) is 20.1. The van der Waals surface area contributed by atoms with Crippen molar-refractivity contribution in [2.24, 2.45) is 11.5 Å². The van der Waals surface area contributed by atoms with Crippen LogP contribution in [0.2, 0.25) is 0 Å². The molecule has 0 amide bonds. The molecule has 151 valence electrons. The van der Waals surface area contributed by atoms with Crippen LogP contribution in [0.1, 0.15) is 36.1 Å². The summed E-state index contributed by atoms with van der Waals surface area (Å²) in [6, 6.07) is 14.9. The fraction of sp³-hybridized carbons (Fsp3) is 0.174. The van der Waals surface area contributed by atoms with Crippen molar-refractivity contribution in [1.29, 1.82) is 10.8 Å². The van der Waals surface area contributed by atoms with E-state index in [9.17, 15) is 0 Å². The van der Waals surface area contributed by atoms with Crippen LogP contribution in [0.15, 0.2) is 52.9 Å². The largest absolute Gasteiger partial charge is 0.456 e. The van der Waals surface area contributed by atoms with Crippen LogP contribution in [0, 0.1) is 32.1 Å². The van der Waals surface area contributed by atoms with Crippen LogP contribution in [0.5, 0.6) is 0 Å². The second-order valence-corrected chi connectivity index (χ2v) is 5.99. The van der Waals surface area contributed by atoms with Crippen LogP contribution in [0.3, 0.4) is 0 Å². The van der Waals surface area contributed by atoms with Crippen LogP contribution in [0.4, 0.5) is 0 Å². The van der Waals surface area contributed by atoms with Crippen molar-refractivity contribution in [3.8, 4) is 22.6 Å². The number of benzene rings is 2. The van der Waals surface area contributed by atoms with Crippen LogP contribution < -0.4 is 11.5 Å². The number of nitrogen functional groups attached to an aromatic ring is 2. The molecule has 1 aromatic heterocycles. The van der Waals surface area contributed by atoms with Gasteiger partial charge in [0.1, 0.15) is 23.2 Å². The normalized spacial score (nSPS) is 9.38. The molecule has 0 bridgehead atoms. The molecule has 0 aliphatic carbocycles. The summed E-state index contributed by atoms with van der Waals surface area (Å²) in [4.78, 5) is 0. The Bertz CT molecular complexity index is 880. The van der Waals surface area contributed by atoms with Gasteiger partial charge in [0.25, 0.3) is 0 Å². The number of nitrogens with one attached hydrogen (secondary N) is 2. The van der Waals surface area contributed by atoms with E-state index >= 15 is 0 Å². The molecule has 1 heterocycles. The molecular formula is C23H29N4OY-. The predicted octanol–water partition coefficient (Wildman–Crippen LogP) is 5.27. The van der Waals surface area contributed by atoms with Gasteiger partial charge in [0, 0.05) is 55.0 Å². The third-order valence-corrected chi connectivity index (χ3v) is 4.36. The number of hydrogen-bond acceptors (Lipinski definition) is 3. The van der Waals surface area contributed by atoms with Gasteiger partial charge >= 0.3 is 0 Å². The summed E-state index contributed by atoms with van der Waals surface area (Å²) in [5.74, 6) is 1.70. The summed E-state index contributed by atoms with van der Waals surface area (Å²) in [7, 11) is 0. The molecule has 29 heavy (non-hydrogen) atoms. The van der Waals surface area contributed by atoms with Crippen LogP contribution in [-0.2, 0) is 32.7 Å². The Morgan fingerprint density at radius 1 is 0.690 bits per heavy atom. The second kappa shape index (κ2) is 11.7. The second-order valence-electron chi connectivity index (χ2n) is 5.99. The first-order valence-corrected chi connectivity index (χ1v) is 8.88. The van der Waals surface area contributed by atoms with E-state index in [0.29, 0.717) is 11.1 Å². The smallest absolute Gasteiger partial charge is 0.137 e. The third-order valence-electron chi connectivity index (χ3n) is 4.36. The molecule has 0 spiro atoms. The van der Waals surface area contributed by atoms with Gasteiger partial charge < -0.3 is 23.3 Å². The first kappa shape index (κ1) is 26.8. The fourth-order valence-corrected chi connectivity index (χ4v) is 2.75. The molecule has 0 unspecified atom stereocenters.